The first-order chi connectivity index (χ1) is 8.66. The van der Waals surface area contributed by atoms with Crippen LogP contribution in [0.3, 0.4) is 0 Å². The highest BCUT2D eigenvalue weighted by Gasteiger charge is 2.10. The highest BCUT2D eigenvalue weighted by atomic mass is 32.1. The Morgan fingerprint density at radius 2 is 2.22 bits per heavy atom. The minimum absolute atomic E-state index is 0.160. The molecule has 0 radical (unpaired) electrons. The normalized spacial score (nSPS) is 10.7. The summed E-state index contributed by atoms with van der Waals surface area (Å²) in [5.74, 6) is -1.24. The van der Waals surface area contributed by atoms with Crippen molar-refractivity contribution in [1.29, 1.82) is 0 Å². The lowest BCUT2D eigenvalue weighted by molar-refractivity contribution is 0.0702. The van der Waals surface area contributed by atoms with Crippen molar-refractivity contribution in [2.24, 2.45) is 0 Å². The van der Waals surface area contributed by atoms with Crippen molar-refractivity contribution >= 4 is 29.2 Å². The molecule has 2 aromatic heterocycles. The van der Waals surface area contributed by atoms with E-state index in [0.29, 0.717) is 5.56 Å². The van der Waals surface area contributed by atoms with Crippen LogP contribution in [0, 0.1) is 0 Å². The van der Waals surface area contributed by atoms with Gasteiger partial charge in [-0.1, -0.05) is 6.07 Å². The van der Waals surface area contributed by atoms with Crippen LogP contribution in [0.4, 0.5) is 0 Å². The first kappa shape index (κ1) is 12.2. The van der Waals surface area contributed by atoms with E-state index in [1.165, 1.54) is 12.1 Å². The highest BCUT2D eigenvalue weighted by Crippen LogP contribution is 2.15. The van der Waals surface area contributed by atoms with Crippen LogP contribution in [0.2, 0.25) is 0 Å². The zero-order chi connectivity index (χ0) is 13.0. The van der Waals surface area contributed by atoms with E-state index >= 15 is 0 Å². The lowest BCUT2D eigenvalue weighted by Gasteiger charge is -1.91. The molecule has 0 bridgehead atoms. The first-order valence-corrected chi connectivity index (χ1v) is 5.99. The van der Waals surface area contributed by atoms with Gasteiger partial charge >= 0.3 is 5.97 Å². The Balaban J connectivity index is 2.12. The van der Waals surface area contributed by atoms with Crippen molar-refractivity contribution in [3.05, 3.63) is 58.1 Å². The second kappa shape index (κ2) is 5.37. The number of pyridine rings is 1. The maximum Gasteiger partial charge on any atom is 0.345 e. The van der Waals surface area contributed by atoms with E-state index in [0.717, 1.165) is 16.9 Å². The highest BCUT2D eigenvalue weighted by molar-refractivity contribution is 7.12. The van der Waals surface area contributed by atoms with Gasteiger partial charge in [0.05, 0.1) is 0 Å². The minimum atomic E-state index is -1.02. The zero-order valence-corrected chi connectivity index (χ0v) is 10.1. The van der Waals surface area contributed by atoms with Crippen LogP contribution < -0.4 is 0 Å². The summed E-state index contributed by atoms with van der Waals surface area (Å²) in [4.78, 5) is 26.5. The van der Waals surface area contributed by atoms with Gasteiger partial charge in [-0.15, -0.1) is 11.3 Å². The van der Waals surface area contributed by atoms with Gasteiger partial charge in [-0.2, -0.15) is 0 Å². The van der Waals surface area contributed by atoms with Crippen LogP contribution in [0.15, 0.2) is 42.0 Å². The van der Waals surface area contributed by atoms with Gasteiger partial charge < -0.3 is 5.11 Å². The average Bonchev–Trinajstić information content (AvgIpc) is 2.87. The van der Waals surface area contributed by atoms with E-state index in [4.69, 9.17) is 5.11 Å². The van der Waals surface area contributed by atoms with Gasteiger partial charge in [-0.05, 0) is 29.8 Å². The standard InChI is InChI=1S/C13H9NO3S/c15-11(4-3-9-2-1-5-14-7-9)10-6-12(13(16)17)18-8-10/h1-8H,(H,16,17). The fourth-order valence-corrected chi connectivity index (χ4v) is 2.05. The van der Waals surface area contributed by atoms with Crippen molar-refractivity contribution in [2.75, 3.05) is 0 Å². The Morgan fingerprint density at radius 3 is 2.83 bits per heavy atom. The maximum absolute atomic E-state index is 11.8. The third-order valence-corrected chi connectivity index (χ3v) is 3.12. The van der Waals surface area contributed by atoms with E-state index < -0.39 is 5.97 Å². The summed E-state index contributed by atoms with van der Waals surface area (Å²) < 4.78 is 0. The number of carbonyl (C=O) groups is 2. The van der Waals surface area contributed by atoms with Gasteiger partial charge in [0.15, 0.2) is 5.78 Å². The Morgan fingerprint density at radius 1 is 1.39 bits per heavy atom. The summed E-state index contributed by atoms with van der Waals surface area (Å²) in [7, 11) is 0. The van der Waals surface area contributed by atoms with E-state index in [1.54, 1.807) is 29.9 Å². The van der Waals surface area contributed by atoms with Crippen LogP contribution in [0.5, 0.6) is 0 Å². The molecule has 0 saturated heterocycles. The van der Waals surface area contributed by atoms with Crippen molar-refractivity contribution in [3.8, 4) is 0 Å². The Hall–Kier alpha value is -2.27. The van der Waals surface area contributed by atoms with Crippen molar-refractivity contribution < 1.29 is 14.7 Å². The van der Waals surface area contributed by atoms with E-state index in [-0.39, 0.29) is 10.7 Å². The van der Waals surface area contributed by atoms with Crippen LogP contribution in [-0.4, -0.2) is 21.8 Å². The second-order valence-corrected chi connectivity index (χ2v) is 4.40. The number of carbonyl (C=O) groups excluding carboxylic acids is 1. The fraction of sp³-hybridized carbons (Fsp3) is 0. The fourth-order valence-electron chi connectivity index (χ4n) is 1.32. The quantitative estimate of drug-likeness (QED) is 0.677. The molecule has 1 N–H and O–H groups in total. The number of nitrogens with zero attached hydrogens (tertiary/aromatic N) is 1. The first-order valence-electron chi connectivity index (χ1n) is 5.11. The number of aromatic nitrogens is 1. The van der Waals surface area contributed by atoms with Gasteiger partial charge in [0, 0.05) is 23.3 Å². The number of hydrogen-bond donors (Lipinski definition) is 1. The molecule has 4 nitrogen and oxygen atoms in total. The molecule has 0 aliphatic rings. The lowest BCUT2D eigenvalue weighted by Crippen LogP contribution is -1.93. The van der Waals surface area contributed by atoms with Crippen LogP contribution >= 0.6 is 11.3 Å². The summed E-state index contributed by atoms with van der Waals surface area (Å²) in [6.07, 6.45) is 6.34. The minimum Gasteiger partial charge on any atom is -0.477 e. The summed E-state index contributed by atoms with van der Waals surface area (Å²) in [6, 6.07) is 4.98. The van der Waals surface area contributed by atoms with Crippen molar-refractivity contribution in [2.45, 2.75) is 0 Å². The van der Waals surface area contributed by atoms with E-state index in [2.05, 4.69) is 4.98 Å². The molecular formula is C13H9NO3S. The molecule has 2 heterocycles. The number of carboxylic acid groups (broad SMARTS) is 1. The molecule has 0 spiro atoms. The largest absolute Gasteiger partial charge is 0.477 e. The maximum atomic E-state index is 11.8. The number of hydrogen-bond acceptors (Lipinski definition) is 4. The van der Waals surface area contributed by atoms with E-state index in [1.807, 2.05) is 6.07 Å². The molecule has 5 heteroatoms. The summed E-state index contributed by atoms with van der Waals surface area (Å²) >= 11 is 1.04. The molecule has 90 valence electrons. The van der Waals surface area contributed by atoms with Gasteiger partial charge in [0.2, 0.25) is 0 Å². The predicted octanol–water partition coefficient (Wildman–Crippen LogP) is 2.74. The molecule has 0 saturated carbocycles. The molecule has 2 rings (SSSR count). The second-order valence-electron chi connectivity index (χ2n) is 3.49. The SMILES string of the molecule is O=C(C=Cc1cccnc1)c1csc(C(=O)O)c1. The number of aromatic carboxylic acids is 1. The van der Waals surface area contributed by atoms with Crippen molar-refractivity contribution in [1.82, 2.24) is 4.98 Å². The zero-order valence-electron chi connectivity index (χ0n) is 9.24. The number of ketones is 1. The topological polar surface area (TPSA) is 67.3 Å². The van der Waals surface area contributed by atoms with Crippen LogP contribution in [0.1, 0.15) is 25.6 Å². The Kier molecular flexibility index (Phi) is 3.64. The number of thiophene rings is 1. The molecular weight excluding hydrogens is 250 g/mol. The smallest absolute Gasteiger partial charge is 0.345 e. The number of carboxylic acids is 1. The summed E-state index contributed by atoms with van der Waals surface area (Å²) in [6.45, 7) is 0. The van der Waals surface area contributed by atoms with Crippen LogP contribution in [0.25, 0.3) is 6.08 Å². The Bertz CT molecular complexity index is 602. The molecule has 0 unspecified atom stereocenters. The molecule has 2 aromatic rings. The van der Waals surface area contributed by atoms with Gasteiger partial charge in [-0.3, -0.25) is 9.78 Å². The van der Waals surface area contributed by atoms with Gasteiger partial charge in [0.1, 0.15) is 4.88 Å². The van der Waals surface area contributed by atoms with Gasteiger partial charge in [-0.25, -0.2) is 4.79 Å². The summed E-state index contributed by atoms with van der Waals surface area (Å²) in [5.41, 5.74) is 1.21. The predicted molar refractivity (Wildman–Crippen MR) is 68.9 cm³/mol. The average molecular weight is 259 g/mol. The third-order valence-electron chi connectivity index (χ3n) is 2.21. The Labute approximate surface area is 107 Å². The molecule has 0 aromatic carbocycles. The third kappa shape index (κ3) is 2.89. The molecule has 0 atom stereocenters. The monoisotopic (exact) mass is 259 g/mol. The number of allylic oxidation sites excluding steroid dienone is 1. The number of rotatable bonds is 4. The van der Waals surface area contributed by atoms with Gasteiger partial charge in [0.25, 0.3) is 0 Å². The molecule has 18 heavy (non-hydrogen) atoms. The molecule has 0 aliphatic carbocycles. The lowest BCUT2D eigenvalue weighted by atomic mass is 10.1. The molecule has 0 fully saturated rings. The van der Waals surface area contributed by atoms with Crippen LogP contribution in [-0.2, 0) is 0 Å². The van der Waals surface area contributed by atoms with E-state index in [9.17, 15) is 9.59 Å². The molecule has 0 amide bonds. The summed E-state index contributed by atoms with van der Waals surface area (Å²) in [5, 5.41) is 10.3. The van der Waals surface area contributed by atoms with Crippen molar-refractivity contribution in [3.63, 3.8) is 0 Å². The molecule has 0 aliphatic heterocycles.